The quantitative estimate of drug-likeness (QED) is 0.786. The maximum atomic E-state index is 12.4. The zero-order valence-electron chi connectivity index (χ0n) is 15.0. The van der Waals surface area contributed by atoms with Crippen molar-refractivity contribution in [2.75, 3.05) is 39.5 Å². The monoisotopic (exact) mass is 351 g/mol. The minimum atomic E-state index is -3.25. The van der Waals surface area contributed by atoms with Gasteiger partial charge in [-0.2, -0.15) is 0 Å². The van der Waals surface area contributed by atoms with E-state index in [-0.39, 0.29) is 5.75 Å². The Bertz CT molecular complexity index is 785. The Morgan fingerprint density at radius 1 is 1.38 bits per heavy atom. The molecule has 0 unspecified atom stereocenters. The molecule has 0 aromatic carbocycles. The molecule has 0 spiro atoms. The Morgan fingerprint density at radius 3 is 2.62 bits per heavy atom. The third kappa shape index (κ3) is 4.82. The van der Waals surface area contributed by atoms with Crippen LogP contribution in [0, 0.1) is 0 Å². The van der Waals surface area contributed by atoms with E-state index in [2.05, 4.69) is 16.5 Å². The molecule has 2 rings (SSSR count). The molecule has 1 aromatic heterocycles. The van der Waals surface area contributed by atoms with Crippen LogP contribution in [-0.4, -0.2) is 62.1 Å². The summed E-state index contributed by atoms with van der Waals surface area (Å²) in [6, 6.07) is 0. The van der Waals surface area contributed by atoms with Crippen LogP contribution in [0.1, 0.15) is 25.3 Å². The van der Waals surface area contributed by atoms with Gasteiger partial charge < -0.3 is 9.88 Å². The lowest BCUT2D eigenvalue weighted by atomic mass is 10.1. The largest absolute Gasteiger partial charge is 0.361 e. The van der Waals surface area contributed by atoms with Gasteiger partial charge in [0.15, 0.2) is 0 Å². The first-order chi connectivity index (χ1) is 11.3. The number of nitrogens with zero attached hydrogens (tertiary/aromatic N) is 2. The molecule has 1 saturated heterocycles. The lowest BCUT2D eigenvalue weighted by Gasteiger charge is -2.15. The molecule has 1 N–H and O–H groups in total. The van der Waals surface area contributed by atoms with E-state index >= 15 is 0 Å². The number of aromatic nitrogens is 1. The van der Waals surface area contributed by atoms with E-state index in [0.717, 1.165) is 36.4 Å². The van der Waals surface area contributed by atoms with Gasteiger partial charge in [-0.05, 0) is 57.5 Å². The molecule has 2 heterocycles. The average molecular weight is 352 g/mol. The molecule has 0 atom stereocenters. The second kappa shape index (κ2) is 8.14. The Labute approximate surface area is 145 Å². The second-order valence-corrected chi connectivity index (χ2v) is 8.62. The number of likely N-dealkylation sites (N-methyl/N-ethyl adjacent to an activating group) is 1. The molecule has 0 saturated carbocycles. The summed E-state index contributed by atoms with van der Waals surface area (Å²) < 4.78 is 26.5. The molecule has 1 fully saturated rings. The lowest BCUT2D eigenvalue weighted by Crippen LogP contribution is -2.31. The smallest absolute Gasteiger partial charge is 0.218 e. The van der Waals surface area contributed by atoms with E-state index < -0.39 is 10.0 Å². The molecule has 5 nitrogen and oxygen atoms in total. The Kier molecular flexibility index (Phi) is 6.43. The molecule has 0 bridgehead atoms. The Hall–Kier alpha value is -1.37. The van der Waals surface area contributed by atoms with Crippen LogP contribution < -0.4 is 10.6 Å². The molecule has 0 aliphatic carbocycles. The van der Waals surface area contributed by atoms with Crippen molar-refractivity contribution in [3.63, 3.8) is 0 Å². The summed E-state index contributed by atoms with van der Waals surface area (Å²) in [5.41, 5.74) is 1.83. The van der Waals surface area contributed by atoms with Crippen molar-refractivity contribution in [3.05, 3.63) is 34.5 Å². The molecule has 134 valence electrons. The molecule has 0 radical (unpaired) electrons. The Balaban J connectivity index is 2.23. The number of aromatic amines is 1. The predicted molar refractivity (Wildman–Crippen MR) is 101 cm³/mol. The molecule has 24 heavy (non-hydrogen) atoms. The SMILES string of the molecule is C=C(C=c1c(CCN(C)C)c[nH]c1=CC)CS(=O)(=O)N1CCCC1. The number of sulfonamides is 1. The van der Waals surface area contributed by atoms with Gasteiger partial charge in [-0.3, -0.25) is 0 Å². The van der Waals surface area contributed by atoms with E-state index in [9.17, 15) is 8.42 Å². The number of hydrogen-bond acceptors (Lipinski definition) is 3. The van der Waals surface area contributed by atoms with Gasteiger partial charge in [-0.1, -0.05) is 12.7 Å². The first-order valence-corrected chi connectivity index (χ1v) is 10.1. The third-order valence-electron chi connectivity index (χ3n) is 4.33. The van der Waals surface area contributed by atoms with Crippen LogP contribution >= 0.6 is 0 Å². The molecule has 1 aliphatic rings. The standard InChI is InChI=1S/C18H29N3O2S/c1-5-18-17(16(13-19-18)8-11-20(3)4)12-15(2)14-24(22,23)21-9-6-7-10-21/h5,12-13,19H,2,6-11,14H2,1,3-4H3. The zero-order valence-corrected chi connectivity index (χ0v) is 15.8. The number of nitrogens with one attached hydrogen (secondary N) is 1. The maximum absolute atomic E-state index is 12.4. The van der Waals surface area contributed by atoms with E-state index in [1.165, 1.54) is 5.56 Å². The minimum Gasteiger partial charge on any atom is -0.361 e. The van der Waals surface area contributed by atoms with Gasteiger partial charge in [0.2, 0.25) is 10.0 Å². The van der Waals surface area contributed by atoms with Crippen LogP contribution in [0.4, 0.5) is 0 Å². The molecular formula is C18H29N3O2S. The second-order valence-electron chi connectivity index (χ2n) is 6.65. The zero-order chi connectivity index (χ0) is 17.7. The summed E-state index contributed by atoms with van der Waals surface area (Å²) in [6.07, 6.45) is 8.76. The molecule has 0 amide bonds. The normalized spacial score (nSPS) is 18.0. The first kappa shape index (κ1) is 19.0. The lowest BCUT2D eigenvalue weighted by molar-refractivity contribution is 0.413. The van der Waals surface area contributed by atoms with Gasteiger partial charge in [0.1, 0.15) is 0 Å². The van der Waals surface area contributed by atoms with Gasteiger partial charge >= 0.3 is 0 Å². The highest BCUT2D eigenvalue weighted by molar-refractivity contribution is 7.89. The number of hydrogen-bond donors (Lipinski definition) is 1. The highest BCUT2D eigenvalue weighted by Gasteiger charge is 2.25. The fourth-order valence-electron chi connectivity index (χ4n) is 2.99. The summed E-state index contributed by atoms with van der Waals surface area (Å²) in [5.74, 6) is -0.00550. The predicted octanol–water partition coefficient (Wildman–Crippen LogP) is 0.682. The van der Waals surface area contributed by atoms with E-state index in [1.807, 2.05) is 39.4 Å². The van der Waals surface area contributed by atoms with Gasteiger partial charge in [-0.25, -0.2) is 12.7 Å². The fraction of sp³-hybridized carbons (Fsp3) is 0.556. The van der Waals surface area contributed by atoms with Crippen molar-refractivity contribution in [1.29, 1.82) is 0 Å². The van der Waals surface area contributed by atoms with Crippen molar-refractivity contribution in [2.24, 2.45) is 0 Å². The van der Waals surface area contributed by atoms with Crippen LogP contribution in [-0.2, 0) is 16.4 Å². The van der Waals surface area contributed by atoms with Gasteiger partial charge in [0.25, 0.3) is 0 Å². The van der Waals surface area contributed by atoms with Crippen LogP contribution in [0.3, 0.4) is 0 Å². The summed E-state index contributed by atoms with van der Waals surface area (Å²) in [4.78, 5) is 5.40. The van der Waals surface area contributed by atoms with E-state index in [0.29, 0.717) is 18.7 Å². The van der Waals surface area contributed by atoms with Gasteiger partial charge in [0, 0.05) is 36.4 Å². The van der Waals surface area contributed by atoms with Crippen LogP contribution in [0.5, 0.6) is 0 Å². The minimum absolute atomic E-state index is 0.00550. The summed E-state index contributed by atoms with van der Waals surface area (Å²) >= 11 is 0. The van der Waals surface area contributed by atoms with Crippen molar-refractivity contribution >= 4 is 22.2 Å². The van der Waals surface area contributed by atoms with Crippen molar-refractivity contribution in [1.82, 2.24) is 14.2 Å². The summed E-state index contributed by atoms with van der Waals surface area (Å²) in [7, 11) is 0.846. The summed E-state index contributed by atoms with van der Waals surface area (Å²) in [6.45, 7) is 8.20. The Morgan fingerprint density at radius 2 is 2.04 bits per heavy atom. The average Bonchev–Trinajstić information content (AvgIpc) is 3.14. The van der Waals surface area contributed by atoms with Crippen molar-refractivity contribution in [2.45, 2.75) is 26.2 Å². The topological polar surface area (TPSA) is 56.4 Å². The van der Waals surface area contributed by atoms with Crippen molar-refractivity contribution < 1.29 is 8.42 Å². The molecule has 1 aromatic rings. The van der Waals surface area contributed by atoms with Crippen LogP contribution in [0.2, 0.25) is 0 Å². The number of rotatable bonds is 7. The van der Waals surface area contributed by atoms with Crippen molar-refractivity contribution in [3.8, 4) is 0 Å². The molecule has 1 aliphatic heterocycles. The van der Waals surface area contributed by atoms with Gasteiger partial charge in [0.05, 0.1) is 5.75 Å². The van der Waals surface area contributed by atoms with Crippen LogP contribution in [0.15, 0.2) is 18.3 Å². The highest BCUT2D eigenvalue weighted by atomic mass is 32.2. The number of H-pyrrole nitrogens is 1. The first-order valence-electron chi connectivity index (χ1n) is 8.48. The fourth-order valence-corrected chi connectivity index (χ4v) is 4.54. The van der Waals surface area contributed by atoms with E-state index in [1.54, 1.807) is 4.31 Å². The summed E-state index contributed by atoms with van der Waals surface area (Å²) in [5, 5.41) is 2.07. The van der Waals surface area contributed by atoms with E-state index in [4.69, 9.17) is 0 Å². The van der Waals surface area contributed by atoms with Gasteiger partial charge in [-0.15, -0.1) is 0 Å². The molecular weight excluding hydrogens is 322 g/mol. The third-order valence-corrected chi connectivity index (χ3v) is 6.22. The van der Waals surface area contributed by atoms with Crippen LogP contribution in [0.25, 0.3) is 12.2 Å². The molecule has 6 heteroatoms. The maximum Gasteiger partial charge on any atom is 0.218 e. The highest BCUT2D eigenvalue weighted by Crippen LogP contribution is 2.15.